The van der Waals surface area contributed by atoms with E-state index in [9.17, 15) is 5.11 Å². The molecule has 0 bridgehead atoms. The summed E-state index contributed by atoms with van der Waals surface area (Å²) in [7, 11) is 0. The first-order valence-corrected chi connectivity index (χ1v) is 8.25. The number of anilines is 1. The largest absolute Gasteiger partial charge is 0.390 e. The molecule has 0 fully saturated rings. The van der Waals surface area contributed by atoms with Crippen LogP contribution in [0.2, 0.25) is 5.02 Å². The first-order chi connectivity index (χ1) is 10.6. The number of nitrogens with one attached hydrogen (secondary N) is 1. The Kier molecular flexibility index (Phi) is 3.73. The fourth-order valence-corrected chi connectivity index (χ4v) is 4.06. The van der Waals surface area contributed by atoms with Crippen molar-refractivity contribution in [3.05, 3.63) is 33.7 Å². The van der Waals surface area contributed by atoms with E-state index in [1.54, 1.807) is 0 Å². The molecule has 124 valence electrons. The van der Waals surface area contributed by atoms with Gasteiger partial charge < -0.3 is 14.9 Å². The van der Waals surface area contributed by atoms with E-state index in [4.69, 9.17) is 16.1 Å². The zero-order valence-electron chi connectivity index (χ0n) is 14.4. The molecular weight excluding hydrogens is 312 g/mol. The predicted octanol–water partition coefficient (Wildman–Crippen LogP) is 4.59. The van der Waals surface area contributed by atoms with Crippen molar-refractivity contribution in [2.24, 2.45) is 0 Å². The lowest BCUT2D eigenvalue weighted by Crippen LogP contribution is -2.50. The Labute approximate surface area is 141 Å². The van der Waals surface area contributed by atoms with Crippen LogP contribution >= 0.6 is 11.6 Å². The lowest BCUT2D eigenvalue weighted by Gasteiger charge is -2.43. The topological polar surface area (TPSA) is 58.3 Å². The van der Waals surface area contributed by atoms with Crippen molar-refractivity contribution in [3.63, 3.8) is 0 Å². The molecule has 4 nitrogen and oxygen atoms in total. The van der Waals surface area contributed by atoms with Gasteiger partial charge in [0.05, 0.1) is 22.4 Å². The average molecular weight is 335 g/mol. The van der Waals surface area contributed by atoms with Crippen LogP contribution in [0.15, 0.2) is 10.6 Å². The molecule has 0 saturated carbocycles. The Morgan fingerprint density at radius 2 is 1.96 bits per heavy atom. The molecule has 3 rings (SSSR count). The molecule has 2 heterocycles. The van der Waals surface area contributed by atoms with Crippen molar-refractivity contribution in [1.82, 2.24) is 5.16 Å². The van der Waals surface area contributed by atoms with E-state index in [1.807, 2.05) is 34.6 Å². The maximum Gasteiger partial charge on any atom is 0.141 e. The van der Waals surface area contributed by atoms with Crippen LogP contribution in [0.5, 0.6) is 0 Å². The quantitative estimate of drug-likeness (QED) is 0.800. The van der Waals surface area contributed by atoms with Gasteiger partial charge in [-0.25, -0.2) is 0 Å². The zero-order chi connectivity index (χ0) is 17.1. The van der Waals surface area contributed by atoms with Gasteiger partial charge in [-0.1, -0.05) is 23.7 Å². The Morgan fingerprint density at radius 3 is 2.52 bits per heavy atom. The van der Waals surface area contributed by atoms with Crippen LogP contribution in [0.4, 0.5) is 5.69 Å². The second kappa shape index (κ2) is 5.25. The number of aryl methyl sites for hydroxylation is 3. The van der Waals surface area contributed by atoms with E-state index in [-0.39, 0.29) is 5.92 Å². The number of halogens is 1. The van der Waals surface area contributed by atoms with Crippen LogP contribution < -0.4 is 5.32 Å². The molecule has 1 aromatic heterocycles. The molecule has 2 atom stereocenters. The van der Waals surface area contributed by atoms with Crippen LogP contribution in [0.3, 0.4) is 0 Å². The van der Waals surface area contributed by atoms with Crippen molar-refractivity contribution >= 4 is 17.3 Å². The number of aliphatic hydroxyl groups is 1. The number of nitrogens with zero attached hydrogens (tertiary/aromatic N) is 1. The van der Waals surface area contributed by atoms with Crippen LogP contribution in [0, 0.1) is 20.8 Å². The van der Waals surface area contributed by atoms with Gasteiger partial charge in [0.25, 0.3) is 0 Å². The van der Waals surface area contributed by atoms with E-state index < -0.39 is 11.6 Å². The highest BCUT2D eigenvalue weighted by atomic mass is 35.5. The summed E-state index contributed by atoms with van der Waals surface area (Å²) in [5, 5.41) is 18.8. The van der Waals surface area contributed by atoms with Gasteiger partial charge in [-0.05, 0) is 46.2 Å². The molecule has 2 aromatic rings. The molecule has 0 unspecified atom stereocenters. The van der Waals surface area contributed by atoms with E-state index in [2.05, 4.69) is 23.5 Å². The molecule has 0 saturated heterocycles. The normalized spacial score (nSPS) is 22.6. The summed E-state index contributed by atoms with van der Waals surface area (Å²) in [6.07, 6.45) is -0.521. The summed E-state index contributed by atoms with van der Waals surface area (Å²) in [6, 6.07) is 2.07. The molecule has 23 heavy (non-hydrogen) atoms. The van der Waals surface area contributed by atoms with Crippen LogP contribution in [0.1, 0.15) is 49.3 Å². The summed E-state index contributed by atoms with van der Waals surface area (Å²) in [6.45, 7) is 11.9. The number of benzene rings is 1. The molecule has 0 aliphatic carbocycles. The van der Waals surface area contributed by atoms with Crippen molar-refractivity contribution < 1.29 is 9.63 Å². The minimum Gasteiger partial charge on any atom is -0.390 e. The van der Waals surface area contributed by atoms with Crippen LogP contribution in [-0.2, 0) is 0 Å². The summed E-state index contributed by atoms with van der Waals surface area (Å²) in [4.78, 5) is 0. The number of rotatable bonds is 1. The highest BCUT2D eigenvalue weighted by molar-refractivity contribution is 6.34. The summed E-state index contributed by atoms with van der Waals surface area (Å²) >= 11 is 6.77. The highest BCUT2D eigenvalue weighted by Gasteiger charge is 2.41. The maximum absolute atomic E-state index is 10.6. The molecule has 1 aromatic carbocycles. The Balaban J connectivity index is 2.28. The molecule has 0 amide bonds. The van der Waals surface area contributed by atoms with Gasteiger partial charge in [0, 0.05) is 28.3 Å². The molecule has 5 heteroatoms. The minimum absolute atomic E-state index is 0.0622. The summed E-state index contributed by atoms with van der Waals surface area (Å²) in [5.41, 5.74) is 5.37. The third-order valence-electron chi connectivity index (χ3n) is 4.92. The number of hydrogen-bond donors (Lipinski definition) is 2. The third kappa shape index (κ3) is 2.36. The van der Waals surface area contributed by atoms with Gasteiger partial charge in [0.1, 0.15) is 5.76 Å². The fourth-order valence-electron chi connectivity index (χ4n) is 3.64. The second-order valence-corrected chi connectivity index (χ2v) is 7.50. The highest BCUT2D eigenvalue weighted by Crippen LogP contribution is 2.48. The lowest BCUT2D eigenvalue weighted by atomic mass is 9.77. The van der Waals surface area contributed by atoms with Gasteiger partial charge in [-0.2, -0.15) is 0 Å². The van der Waals surface area contributed by atoms with E-state index in [0.717, 1.165) is 39.4 Å². The fraction of sp³-hybridized carbons (Fsp3) is 0.500. The number of aliphatic hydroxyl groups excluding tert-OH is 1. The van der Waals surface area contributed by atoms with E-state index >= 15 is 0 Å². The molecule has 1 aliphatic rings. The van der Waals surface area contributed by atoms with Crippen LogP contribution in [0.25, 0.3) is 11.1 Å². The molecule has 1 aliphatic heterocycles. The first-order valence-electron chi connectivity index (χ1n) is 7.87. The monoisotopic (exact) mass is 334 g/mol. The second-order valence-electron chi connectivity index (χ2n) is 7.12. The number of aromatic nitrogens is 1. The van der Waals surface area contributed by atoms with Crippen molar-refractivity contribution in [1.29, 1.82) is 0 Å². The van der Waals surface area contributed by atoms with Crippen molar-refractivity contribution in [2.45, 2.75) is 59.1 Å². The van der Waals surface area contributed by atoms with Gasteiger partial charge >= 0.3 is 0 Å². The van der Waals surface area contributed by atoms with Gasteiger partial charge in [0.15, 0.2) is 0 Å². The summed E-state index contributed by atoms with van der Waals surface area (Å²) in [5.74, 6) is 0.689. The van der Waals surface area contributed by atoms with Gasteiger partial charge in [-0.15, -0.1) is 0 Å². The SMILES string of the molecule is Cc1cc(-c2c(C)noc2C)c(Cl)c2c1NC(C)(C)[C@@H](O)[C@H]2C. The zero-order valence-corrected chi connectivity index (χ0v) is 15.2. The average Bonchev–Trinajstić information content (AvgIpc) is 2.79. The number of fused-ring (bicyclic) bond motifs is 1. The van der Waals surface area contributed by atoms with Gasteiger partial charge in [-0.3, -0.25) is 0 Å². The lowest BCUT2D eigenvalue weighted by molar-refractivity contribution is 0.0869. The standard InChI is InChI=1S/C18H23ClN2O2/c1-8-7-12(14-10(3)21-23-11(14)4)15(19)13-9(2)17(22)18(5,6)20-16(8)13/h7,9,17,20,22H,1-6H3/t9-,17-/m0/s1. The van der Waals surface area contributed by atoms with E-state index in [0.29, 0.717) is 5.02 Å². The summed E-state index contributed by atoms with van der Waals surface area (Å²) < 4.78 is 5.30. The molecule has 0 radical (unpaired) electrons. The first kappa shape index (κ1) is 16.3. The van der Waals surface area contributed by atoms with Crippen LogP contribution in [-0.4, -0.2) is 21.9 Å². The smallest absolute Gasteiger partial charge is 0.141 e. The molecule has 2 N–H and O–H groups in total. The minimum atomic E-state index is -0.521. The number of hydrogen-bond acceptors (Lipinski definition) is 4. The Morgan fingerprint density at radius 1 is 1.30 bits per heavy atom. The van der Waals surface area contributed by atoms with E-state index in [1.165, 1.54) is 0 Å². The maximum atomic E-state index is 10.6. The predicted molar refractivity (Wildman–Crippen MR) is 93.3 cm³/mol. The molecule has 0 spiro atoms. The van der Waals surface area contributed by atoms with Crippen molar-refractivity contribution in [3.8, 4) is 11.1 Å². The van der Waals surface area contributed by atoms with Crippen molar-refractivity contribution in [2.75, 3.05) is 5.32 Å². The Hall–Kier alpha value is -1.52. The Bertz CT molecular complexity index is 760. The molecular formula is C18H23ClN2O2. The van der Waals surface area contributed by atoms with Gasteiger partial charge in [0.2, 0.25) is 0 Å². The third-order valence-corrected chi connectivity index (χ3v) is 5.32.